The predicted octanol–water partition coefficient (Wildman–Crippen LogP) is 5.48. The highest BCUT2D eigenvalue weighted by molar-refractivity contribution is 6.30. The van der Waals surface area contributed by atoms with E-state index in [0.717, 1.165) is 6.07 Å². The fourth-order valence-corrected chi connectivity index (χ4v) is 2.20. The summed E-state index contributed by atoms with van der Waals surface area (Å²) < 4.78 is 39.4. The molecule has 0 fully saturated rings. The van der Waals surface area contributed by atoms with E-state index in [1.807, 2.05) is 0 Å². The standard InChI is InChI=1S/C17H10ClF3N2/c18-13-8-6-11(7-9-13)14-10-15(17(19,20)21)23-16(22-14)12-4-2-1-3-5-12/h1-10H. The van der Waals surface area contributed by atoms with E-state index < -0.39 is 11.9 Å². The first-order valence-corrected chi connectivity index (χ1v) is 7.09. The zero-order chi connectivity index (χ0) is 16.4. The molecule has 0 saturated heterocycles. The second-order valence-corrected chi connectivity index (χ2v) is 5.27. The summed E-state index contributed by atoms with van der Waals surface area (Å²) in [6.07, 6.45) is -4.55. The summed E-state index contributed by atoms with van der Waals surface area (Å²) in [6.45, 7) is 0. The van der Waals surface area contributed by atoms with Crippen molar-refractivity contribution in [3.8, 4) is 22.6 Å². The number of alkyl halides is 3. The van der Waals surface area contributed by atoms with E-state index in [2.05, 4.69) is 9.97 Å². The number of rotatable bonds is 2. The third-order valence-electron chi connectivity index (χ3n) is 3.19. The van der Waals surface area contributed by atoms with Gasteiger partial charge in [0.15, 0.2) is 5.82 Å². The Labute approximate surface area is 135 Å². The maximum Gasteiger partial charge on any atom is 0.433 e. The molecule has 0 aliphatic carbocycles. The lowest BCUT2D eigenvalue weighted by Gasteiger charge is -2.11. The van der Waals surface area contributed by atoms with Gasteiger partial charge in [0, 0.05) is 16.1 Å². The van der Waals surface area contributed by atoms with Crippen LogP contribution >= 0.6 is 11.6 Å². The lowest BCUT2D eigenvalue weighted by atomic mass is 10.1. The van der Waals surface area contributed by atoms with Crippen molar-refractivity contribution < 1.29 is 13.2 Å². The highest BCUT2D eigenvalue weighted by atomic mass is 35.5. The van der Waals surface area contributed by atoms with Gasteiger partial charge in [0.25, 0.3) is 0 Å². The molecular formula is C17H10ClF3N2. The largest absolute Gasteiger partial charge is 0.433 e. The van der Waals surface area contributed by atoms with Crippen LogP contribution in [0, 0.1) is 0 Å². The molecule has 0 aliphatic rings. The number of hydrogen-bond acceptors (Lipinski definition) is 2. The third-order valence-corrected chi connectivity index (χ3v) is 3.44. The van der Waals surface area contributed by atoms with Gasteiger partial charge in [-0.05, 0) is 18.2 Å². The number of halogens is 4. The van der Waals surface area contributed by atoms with Crippen LogP contribution in [-0.2, 0) is 6.18 Å². The first-order chi connectivity index (χ1) is 10.9. The van der Waals surface area contributed by atoms with Crippen LogP contribution in [0.3, 0.4) is 0 Å². The highest BCUT2D eigenvalue weighted by Crippen LogP contribution is 2.32. The minimum absolute atomic E-state index is 0.0328. The summed E-state index contributed by atoms with van der Waals surface area (Å²) >= 11 is 5.82. The van der Waals surface area contributed by atoms with Crippen molar-refractivity contribution in [2.45, 2.75) is 6.18 Å². The summed E-state index contributed by atoms with van der Waals surface area (Å²) in [6, 6.07) is 16.0. The van der Waals surface area contributed by atoms with Crippen molar-refractivity contribution in [2.75, 3.05) is 0 Å². The molecule has 0 radical (unpaired) electrons. The van der Waals surface area contributed by atoms with Gasteiger partial charge in [-0.15, -0.1) is 0 Å². The van der Waals surface area contributed by atoms with E-state index in [0.29, 0.717) is 16.1 Å². The molecule has 116 valence electrons. The van der Waals surface area contributed by atoms with Crippen molar-refractivity contribution in [1.82, 2.24) is 9.97 Å². The molecule has 0 N–H and O–H groups in total. The van der Waals surface area contributed by atoms with Gasteiger partial charge in [0.2, 0.25) is 0 Å². The SMILES string of the molecule is FC(F)(F)c1cc(-c2ccc(Cl)cc2)nc(-c2ccccc2)n1. The van der Waals surface area contributed by atoms with E-state index in [-0.39, 0.29) is 11.5 Å². The predicted molar refractivity (Wildman–Crippen MR) is 82.9 cm³/mol. The lowest BCUT2D eigenvalue weighted by molar-refractivity contribution is -0.141. The van der Waals surface area contributed by atoms with Crippen molar-refractivity contribution in [1.29, 1.82) is 0 Å². The van der Waals surface area contributed by atoms with Crippen molar-refractivity contribution >= 4 is 11.6 Å². The highest BCUT2D eigenvalue weighted by Gasteiger charge is 2.33. The quantitative estimate of drug-likeness (QED) is 0.620. The number of hydrogen-bond donors (Lipinski definition) is 0. The minimum atomic E-state index is -4.55. The second-order valence-electron chi connectivity index (χ2n) is 4.83. The summed E-state index contributed by atoms with van der Waals surface area (Å²) in [5.74, 6) is 0.0328. The van der Waals surface area contributed by atoms with Crippen LogP contribution in [-0.4, -0.2) is 9.97 Å². The molecule has 0 amide bonds. The average molecular weight is 335 g/mol. The molecule has 2 aromatic carbocycles. The van der Waals surface area contributed by atoms with Crippen LogP contribution in [0.2, 0.25) is 5.02 Å². The average Bonchev–Trinajstić information content (AvgIpc) is 2.55. The zero-order valence-electron chi connectivity index (χ0n) is 11.7. The first-order valence-electron chi connectivity index (χ1n) is 6.71. The van der Waals surface area contributed by atoms with Crippen molar-refractivity contribution in [3.05, 3.63) is 71.4 Å². The summed E-state index contributed by atoms with van der Waals surface area (Å²) in [4.78, 5) is 7.92. The molecule has 0 spiro atoms. The molecule has 1 aromatic heterocycles. The molecule has 1 heterocycles. The van der Waals surface area contributed by atoms with Gasteiger partial charge in [-0.1, -0.05) is 54.1 Å². The number of benzene rings is 2. The molecule has 3 rings (SSSR count). The van der Waals surface area contributed by atoms with Gasteiger partial charge in [0.05, 0.1) is 5.69 Å². The lowest BCUT2D eigenvalue weighted by Crippen LogP contribution is -2.10. The Hall–Kier alpha value is -2.40. The first kappa shape index (κ1) is 15.5. The molecule has 0 bridgehead atoms. The monoisotopic (exact) mass is 334 g/mol. The molecular weight excluding hydrogens is 325 g/mol. The topological polar surface area (TPSA) is 25.8 Å². The van der Waals surface area contributed by atoms with E-state index in [1.165, 1.54) is 0 Å². The molecule has 2 nitrogen and oxygen atoms in total. The molecule has 3 aromatic rings. The molecule has 0 saturated carbocycles. The van der Waals surface area contributed by atoms with Crippen LogP contribution in [0.5, 0.6) is 0 Å². The van der Waals surface area contributed by atoms with Crippen LogP contribution in [0.25, 0.3) is 22.6 Å². The Morgan fingerprint density at radius 2 is 1.43 bits per heavy atom. The maximum absolute atomic E-state index is 13.1. The summed E-state index contributed by atoms with van der Waals surface area (Å²) in [5.41, 5.74) is 0.285. The number of nitrogens with zero attached hydrogens (tertiary/aromatic N) is 2. The van der Waals surface area contributed by atoms with Crippen molar-refractivity contribution in [3.63, 3.8) is 0 Å². The van der Waals surface area contributed by atoms with Gasteiger partial charge in [-0.25, -0.2) is 9.97 Å². The normalized spacial score (nSPS) is 11.5. The minimum Gasteiger partial charge on any atom is -0.228 e. The molecule has 0 unspecified atom stereocenters. The Morgan fingerprint density at radius 1 is 0.783 bits per heavy atom. The van der Waals surface area contributed by atoms with E-state index in [9.17, 15) is 13.2 Å². The Kier molecular flexibility index (Phi) is 4.05. The smallest absolute Gasteiger partial charge is 0.228 e. The Morgan fingerprint density at radius 3 is 2.04 bits per heavy atom. The number of aromatic nitrogens is 2. The molecule has 23 heavy (non-hydrogen) atoms. The van der Waals surface area contributed by atoms with Crippen LogP contribution < -0.4 is 0 Å². The van der Waals surface area contributed by atoms with E-state index in [4.69, 9.17) is 11.6 Å². The van der Waals surface area contributed by atoms with Crippen LogP contribution in [0.4, 0.5) is 13.2 Å². The van der Waals surface area contributed by atoms with Gasteiger partial charge < -0.3 is 0 Å². The summed E-state index contributed by atoms with van der Waals surface area (Å²) in [7, 11) is 0. The van der Waals surface area contributed by atoms with Crippen LogP contribution in [0.1, 0.15) is 5.69 Å². The third kappa shape index (κ3) is 3.51. The summed E-state index contributed by atoms with van der Waals surface area (Å²) in [5, 5.41) is 0.502. The molecule has 0 atom stereocenters. The van der Waals surface area contributed by atoms with Gasteiger partial charge in [-0.2, -0.15) is 13.2 Å². The fraction of sp³-hybridized carbons (Fsp3) is 0.0588. The van der Waals surface area contributed by atoms with Crippen LogP contribution in [0.15, 0.2) is 60.7 Å². The van der Waals surface area contributed by atoms with E-state index in [1.54, 1.807) is 54.6 Å². The fourth-order valence-electron chi connectivity index (χ4n) is 2.08. The second kappa shape index (κ2) is 6.01. The zero-order valence-corrected chi connectivity index (χ0v) is 12.4. The Bertz CT molecular complexity index is 815. The maximum atomic E-state index is 13.1. The molecule has 0 aliphatic heterocycles. The Balaban J connectivity index is 2.18. The van der Waals surface area contributed by atoms with Crippen molar-refractivity contribution in [2.24, 2.45) is 0 Å². The van der Waals surface area contributed by atoms with Gasteiger partial charge in [-0.3, -0.25) is 0 Å². The molecule has 6 heteroatoms. The van der Waals surface area contributed by atoms with E-state index >= 15 is 0 Å². The van der Waals surface area contributed by atoms with Gasteiger partial charge >= 0.3 is 6.18 Å². The van der Waals surface area contributed by atoms with Gasteiger partial charge in [0.1, 0.15) is 5.69 Å².